The van der Waals surface area contributed by atoms with E-state index >= 15 is 0 Å². The molecule has 0 radical (unpaired) electrons. The van der Waals surface area contributed by atoms with Crippen molar-refractivity contribution in [3.63, 3.8) is 0 Å². The molecule has 0 spiro atoms. The van der Waals surface area contributed by atoms with E-state index in [0.29, 0.717) is 6.42 Å². The molecule has 1 rings (SSSR count). The molecule has 0 aromatic rings. The average molecular weight is 296 g/mol. The summed E-state index contributed by atoms with van der Waals surface area (Å²) in [7, 11) is 0. The first-order valence-electron chi connectivity index (χ1n) is 9.29. The third-order valence-corrected chi connectivity index (χ3v) is 4.67. The van der Waals surface area contributed by atoms with Crippen molar-refractivity contribution in [2.45, 2.75) is 109 Å². The number of hydrogen-bond acceptors (Lipinski definition) is 2. The van der Waals surface area contributed by atoms with Gasteiger partial charge in [0.2, 0.25) is 5.91 Å². The summed E-state index contributed by atoms with van der Waals surface area (Å²) in [4.78, 5) is 11.9. The van der Waals surface area contributed by atoms with E-state index in [4.69, 9.17) is 5.73 Å². The highest BCUT2D eigenvalue weighted by atomic mass is 16.1. The summed E-state index contributed by atoms with van der Waals surface area (Å²) in [5, 5.41) is 3.13. The highest BCUT2D eigenvalue weighted by Crippen LogP contribution is 2.17. The molecule has 3 nitrogen and oxygen atoms in total. The van der Waals surface area contributed by atoms with Crippen molar-refractivity contribution in [1.29, 1.82) is 0 Å². The zero-order chi connectivity index (χ0) is 15.3. The molecule has 0 heterocycles. The minimum absolute atomic E-state index is 0.172. The molecule has 2 atom stereocenters. The van der Waals surface area contributed by atoms with Crippen LogP contribution >= 0.6 is 0 Å². The lowest BCUT2D eigenvalue weighted by atomic mass is 9.91. The molecule has 1 aliphatic carbocycles. The van der Waals surface area contributed by atoms with E-state index in [0.717, 1.165) is 19.3 Å². The predicted octanol–water partition coefficient (Wildman–Crippen LogP) is 4.29. The second kappa shape index (κ2) is 12.0. The Morgan fingerprint density at radius 3 is 2.14 bits per heavy atom. The van der Waals surface area contributed by atoms with Gasteiger partial charge in [-0.1, -0.05) is 71.1 Å². The van der Waals surface area contributed by atoms with Crippen LogP contribution in [0.3, 0.4) is 0 Å². The van der Waals surface area contributed by atoms with Gasteiger partial charge in [0.1, 0.15) is 0 Å². The van der Waals surface area contributed by atoms with Crippen LogP contribution in [0.25, 0.3) is 0 Å². The summed E-state index contributed by atoms with van der Waals surface area (Å²) in [5.74, 6) is 0.209. The van der Waals surface area contributed by atoms with Crippen LogP contribution in [-0.2, 0) is 4.79 Å². The molecule has 0 unspecified atom stereocenters. The maximum absolute atomic E-state index is 11.9. The maximum atomic E-state index is 11.9. The van der Waals surface area contributed by atoms with E-state index in [1.807, 2.05) is 0 Å². The van der Waals surface area contributed by atoms with Crippen molar-refractivity contribution >= 4 is 5.91 Å². The lowest BCUT2D eigenvalue weighted by Crippen LogP contribution is -2.49. The number of nitrogens with two attached hydrogens (primary N) is 1. The van der Waals surface area contributed by atoms with E-state index < -0.39 is 0 Å². The SMILES string of the molecule is CCCCCCCCCCCC(=O)N[C@@H]1CCCC[C@H]1N. The fourth-order valence-corrected chi connectivity index (χ4v) is 3.21. The van der Waals surface area contributed by atoms with Gasteiger partial charge in [0.05, 0.1) is 0 Å². The fraction of sp³-hybridized carbons (Fsp3) is 0.944. The predicted molar refractivity (Wildman–Crippen MR) is 90.2 cm³/mol. The third kappa shape index (κ3) is 9.13. The van der Waals surface area contributed by atoms with Gasteiger partial charge in [-0.3, -0.25) is 4.79 Å². The number of nitrogens with one attached hydrogen (secondary N) is 1. The van der Waals surface area contributed by atoms with Gasteiger partial charge in [-0.25, -0.2) is 0 Å². The van der Waals surface area contributed by atoms with Crippen LogP contribution in [0.5, 0.6) is 0 Å². The molecule has 1 saturated carbocycles. The fourth-order valence-electron chi connectivity index (χ4n) is 3.21. The van der Waals surface area contributed by atoms with Crippen LogP contribution in [0, 0.1) is 0 Å². The van der Waals surface area contributed by atoms with E-state index in [9.17, 15) is 4.79 Å². The number of hydrogen-bond donors (Lipinski definition) is 2. The topological polar surface area (TPSA) is 55.1 Å². The molecule has 1 amide bonds. The van der Waals surface area contributed by atoms with E-state index in [1.54, 1.807) is 0 Å². The molecule has 1 fully saturated rings. The molecule has 0 aromatic carbocycles. The van der Waals surface area contributed by atoms with Gasteiger partial charge in [-0.05, 0) is 19.3 Å². The van der Waals surface area contributed by atoms with Gasteiger partial charge in [0, 0.05) is 18.5 Å². The molecule has 3 N–H and O–H groups in total. The van der Waals surface area contributed by atoms with Crippen LogP contribution in [0.15, 0.2) is 0 Å². The van der Waals surface area contributed by atoms with E-state index in [1.165, 1.54) is 64.2 Å². The average Bonchev–Trinajstić information content (AvgIpc) is 2.48. The van der Waals surface area contributed by atoms with Crippen LogP contribution < -0.4 is 11.1 Å². The first kappa shape index (κ1) is 18.5. The summed E-state index contributed by atoms with van der Waals surface area (Å²) in [6.45, 7) is 2.26. The van der Waals surface area contributed by atoms with E-state index in [-0.39, 0.29) is 18.0 Å². The zero-order valence-electron chi connectivity index (χ0n) is 14.0. The van der Waals surface area contributed by atoms with Crippen LogP contribution in [0.2, 0.25) is 0 Å². The van der Waals surface area contributed by atoms with Gasteiger partial charge in [0.25, 0.3) is 0 Å². The monoisotopic (exact) mass is 296 g/mol. The normalized spacial score (nSPS) is 22.2. The first-order valence-corrected chi connectivity index (χ1v) is 9.29. The largest absolute Gasteiger partial charge is 0.352 e. The van der Waals surface area contributed by atoms with Crippen LogP contribution in [0.1, 0.15) is 96.8 Å². The standard InChI is InChI=1S/C18H36N2O/c1-2-3-4-5-6-7-8-9-10-15-18(21)20-17-14-12-11-13-16(17)19/h16-17H,2-15,19H2,1H3,(H,20,21)/t16-,17-/m1/s1. The van der Waals surface area contributed by atoms with Crippen LogP contribution in [0.4, 0.5) is 0 Å². The first-order chi connectivity index (χ1) is 10.2. The lowest BCUT2D eigenvalue weighted by Gasteiger charge is -2.29. The Balaban J connectivity index is 1.91. The maximum Gasteiger partial charge on any atom is 0.220 e. The van der Waals surface area contributed by atoms with Crippen molar-refractivity contribution < 1.29 is 4.79 Å². The molecule has 0 saturated heterocycles. The highest BCUT2D eigenvalue weighted by Gasteiger charge is 2.22. The molecular weight excluding hydrogens is 260 g/mol. The lowest BCUT2D eigenvalue weighted by molar-refractivity contribution is -0.122. The van der Waals surface area contributed by atoms with Gasteiger partial charge in [0.15, 0.2) is 0 Å². The van der Waals surface area contributed by atoms with Crippen molar-refractivity contribution in [2.24, 2.45) is 5.73 Å². The Morgan fingerprint density at radius 1 is 0.952 bits per heavy atom. The summed E-state index contributed by atoms with van der Waals surface area (Å²) < 4.78 is 0. The Labute approximate surface area is 131 Å². The minimum Gasteiger partial charge on any atom is -0.352 e. The van der Waals surface area contributed by atoms with Gasteiger partial charge >= 0.3 is 0 Å². The van der Waals surface area contributed by atoms with Crippen molar-refractivity contribution in [3.8, 4) is 0 Å². The van der Waals surface area contributed by atoms with Crippen molar-refractivity contribution in [1.82, 2.24) is 5.32 Å². The Bertz CT molecular complexity index is 268. The van der Waals surface area contributed by atoms with Crippen LogP contribution in [-0.4, -0.2) is 18.0 Å². The molecule has 21 heavy (non-hydrogen) atoms. The second-order valence-corrected chi connectivity index (χ2v) is 6.70. The third-order valence-electron chi connectivity index (χ3n) is 4.67. The number of rotatable bonds is 11. The molecule has 124 valence electrons. The number of unbranched alkanes of at least 4 members (excludes halogenated alkanes) is 8. The number of carbonyl (C=O) groups is 1. The molecular formula is C18H36N2O. The molecule has 0 aromatic heterocycles. The summed E-state index contributed by atoms with van der Waals surface area (Å²) in [6.07, 6.45) is 16.9. The zero-order valence-corrected chi connectivity index (χ0v) is 14.0. The van der Waals surface area contributed by atoms with Gasteiger partial charge in [-0.2, -0.15) is 0 Å². The van der Waals surface area contributed by atoms with E-state index in [2.05, 4.69) is 12.2 Å². The quantitative estimate of drug-likeness (QED) is 0.559. The second-order valence-electron chi connectivity index (χ2n) is 6.70. The molecule has 3 heteroatoms. The highest BCUT2D eigenvalue weighted by molar-refractivity contribution is 5.76. The number of amides is 1. The summed E-state index contributed by atoms with van der Waals surface area (Å²) in [5.41, 5.74) is 6.06. The van der Waals surface area contributed by atoms with Gasteiger partial charge < -0.3 is 11.1 Å². The molecule has 0 bridgehead atoms. The smallest absolute Gasteiger partial charge is 0.220 e. The van der Waals surface area contributed by atoms with Crippen molar-refractivity contribution in [2.75, 3.05) is 0 Å². The molecule has 0 aliphatic heterocycles. The summed E-state index contributed by atoms with van der Waals surface area (Å²) >= 11 is 0. The van der Waals surface area contributed by atoms with Gasteiger partial charge in [-0.15, -0.1) is 0 Å². The molecule has 1 aliphatic rings. The van der Waals surface area contributed by atoms with Crippen molar-refractivity contribution in [3.05, 3.63) is 0 Å². The summed E-state index contributed by atoms with van der Waals surface area (Å²) in [6, 6.07) is 0.399. The minimum atomic E-state index is 0.172. The Hall–Kier alpha value is -0.570. The Morgan fingerprint density at radius 2 is 1.52 bits per heavy atom. The number of carbonyl (C=O) groups excluding carboxylic acids is 1. The Kier molecular flexibility index (Phi) is 10.6.